The lowest BCUT2D eigenvalue weighted by molar-refractivity contribution is -0.384. The maximum Gasteiger partial charge on any atom is 0.269 e. The van der Waals surface area contributed by atoms with Gasteiger partial charge in [-0.15, -0.1) is 0 Å². The predicted molar refractivity (Wildman–Crippen MR) is 85.8 cm³/mol. The number of hydrogen-bond donors (Lipinski definition) is 0. The normalized spacial score (nSPS) is 11.7. The minimum Gasteiger partial charge on any atom is -0.258 e. The van der Waals surface area contributed by atoms with Gasteiger partial charge in [0.2, 0.25) is 0 Å². The summed E-state index contributed by atoms with van der Waals surface area (Å²) >= 11 is 0. The molecule has 0 aliphatic carbocycles. The molecule has 1 unspecified atom stereocenters. The monoisotopic (exact) mass is 294 g/mol. The van der Waals surface area contributed by atoms with Crippen LogP contribution in [0.4, 0.5) is 5.69 Å². The van der Waals surface area contributed by atoms with Crippen LogP contribution in [0.15, 0.2) is 36.4 Å². The molecule has 2 aromatic carbocycles. The van der Waals surface area contributed by atoms with E-state index in [9.17, 15) is 15.4 Å². The van der Waals surface area contributed by atoms with Crippen LogP contribution in [0.25, 0.3) is 0 Å². The molecule has 4 heteroatoms. The van der Waals surface area contributed by atoms with Crippen LogP contribution < -0.4 is 0 Å². The van der Waals surface area contributed by atoms with Crippen molar-refractivity contribution in [2.75, 3.05) is 0 Å². The molecule has 0 aliphatic heterocycles. The first kappa shape index (κ1) is 15.7. The predicted octanol–water partition coefficient (Wildman–Crippen LogP) is 4.37. The molecular formula is C18H18N2O2. The van der Waals surface area contributed by atoms with Crippen molar-refractivity contribution >= 4 is 5.69 Å². The fraction of sp³-hybridized carbons (Fsp3) is 0.278. The maximum absolute atomic E-state index is 10.7. The molecule has 0 amide bonds. The molecule has 0 saturated carbocycles. The van der Waals surface area contributed by atoms with Crippen LogP contribution in [0.2, 0.25) is 0 Å². The molecule has 0 aliphatic rings. The minimum absolute atomic E-state index is 0.0694. The van der Waals surface area contributed by atoms with Gasteiger partial charge in [-0.2, -0.15) is 5.26 Å². The summed E-state index contributed by atoms with van der Waals surface area (Å²) in [5.41, 5.74) is 5.48. The Balaban J connectivity index is 2.30. The van der Waals surface area contributed by atoms with Gasteiger partial charge in [-0.1, -0.05) is 29.8 Å². The fourth-order valence-electron chi connectivity index (χ4n) is 2.94. The van der Waals surface area contributed by atoms with E-state index in [0.717, 1.165) is 22.3 Å². The molecule has 0 N–H and O–H groups in total. The van der Waals surface area contributed by atoms with E-state index < -0.39 is 4.92 Å². The summed E-state index contributed by atoms with van der Waals surface area (Å²) in [6.45, 7) is 6.09. The Morgan fingerprint density at radius 3 is 2.14 bits per heavy atom. The number of nitriles is 1. The molecule has 2 rings (SSSR count). The second kappa shape index (κ2) is 6.40. The van der Waals surface area contributed by atoms with Gasteiger partial charge in [0.15, 0.2) is 0 Å². The molecule has 0 heterocycles. The molecule has 0 saturated heterocycles. The zero-order valence-corrected chi connectivity index (χ0v) is 13.0. The highest BCUT2D eigenvalue weighted by molar-refractivity contribution is 5.43. The number of aryl methyl sites for hydroxylation is 3. The number of benzene rings is 2. The van der Waals surface area contributed by atoms with Gasteiger partial charge < -0.3 is 0 Å². The molecule has 2 aromatic rings. The van der Waals surface area contributed by atoms with Crippen LogP contribution in [0, 0.1) is 42.2 Å². The van der Waals surface area contributed by atoms with Crippen LogP contribution in [0.1, 0.15) is 33.7 Å². The van der Waals surface area contributed by atoms with Crippen molar-refractivity contribution < 1.29 is 4.92 Å². The van der Waals surface area contributed by atoms with E-state index in [1.807, 2.05) is 20.8 Å². The van der Waals surface area contributed by atoms with Gasteiger partial charge in [0.1, 0.15) is 0 Å². The van der Waals surface area contributed by atoms with Crippen molar-refractivity contribution in [2.45, 2.75) is 33.1 Å². The van der Waals surface area contributed by atoms with Gasteiger partial charge in [0.25, 0.3) is 5.69 Å². The van der Waals surface area contributed by atoms with E-state index in [1.54, 1.807) is 12.1 Å². The molecule has 0 spiro atoms. The number of rotatable bonds is 4. The molecule has 0 radical (unpaired) electrons. The van der Waals surface area contributed by atoms with Gasteiger partial charge in [0, 0.05) is 12.1 Å². The summed E-state index contributed by atoms with van der Waals surface area (Å²) < 4.78 is 0. The highest BCUT2D eigenvalue weighted by Crippen LogP contribution is 2.28. The molecule has 1 atom stereocenters. The van der Waals surface area contributed by atoms with Crippen molar-refractivity contribution in [3.8, 4) is 6.07 Å². The van der Waals surface area contributed by atoms with Crippen molar-refractivity contribution in [1.82, 2.24) is 0 Å². The van der Waals surface area contributed by atoms with Crippen LogP contribution >= 0.6 is 0 Å². The van der Waals surface area contributed by atoms with Crippen LogP contribution in [-0.2, 0) is 6.42 Å². The summed E-state index contributed by atoms with van der Waals surface area (Å²) in [7, 11) is 0. The van der Waals surface area contributed by atoms with Crippen LogP contribution in [0.3, 0.4) is 0 Å². The Labute approximate surface area is 130 Å². The van der Waals surface area contributed by atoms with Crippen molar-refractivity contribution in [3.63, 3.8) is 0 Å². The summed E-state index contributed by atoms with van der Waals surface area (Å²) in [5.74, 6) is -0.248. The van der Waals surface area contributed by atoms with E-state index in [4.69, 9.17) is 0 Å². The summed E-state index contributed by atoms with van der Waals surface area (Å²) in [6.07, 6.45) is 0.555. The van der Waals surface area contributed by atoms with Crippen LogP contribution in [-0.4, -0.2) is 4.92 Å². The topological polar surface area (TPSA) is 66.9 Å². The molecule has 0 aromatic heterocycles. The summed E-state index contributed by atoms with van der Waals surface area (Å²) in [4.78, 5) is 10.3. The second-order valence-electron chi connectivity index (χ2n) is 5.62. The minimum atomic E-state index is -0.417. The Bertz CT molecular complexity index is 720. The molecular weight excluding hydrogens is 276 g/mol. The zero-order valence-electron chi connectivity index (χ0n) is 13.0. The Morgan fingerprint density at radius 1 is 1.14 bits per heavy atom. The average molecular weight is 294 g/mol. The Morgan fingerprint density at radius 2 is 1.68 bits per heavy atom. The number of non-ortho nitro benzene ring substituents is 1. The number of hydrogen-bond acceptors (Lipinski definition) is 3. The first-order valence-corrected chi connectivity index (χ1v) is 7.13. The van der Waals surface area contributed by atoms with Crippen molar-refractivity contribution in [3.05, 3.63) is 74.3 Å². The zero-order chi connectivity index (χ0) is 16.3. The fourth-order valence-corrected chi connectivity index (χ4v) is 2.94. The van der Waals surface area contributed by atoms with Crippen molar-refractivity contribution in [1.29, 1.82) is 5.26 Å². The van der Waals surface area contributed by atoms with Gasteiger partial charge >= 0.3 is 0 Å². The number of nitrogens with zero attached hydrogens (tertiary/aromatic N) is 2. The SMILES string of the molecule is Cc1cc(C)c(C(C#N)Cc2ccc([N+](=O)[O-])cc2)c(C)c1. The molecule has 0 fully saturated rings. The van der Waals surface area contributed by atoms with E-state index >= 15 is 0 Å². The van der Waals surface area contributed by atoms with E-state index in [2.05, 4.69) is 18.2 Å². The third-order valence-corrected chi connectivity index (χ3v) is 3.83. The highest BCUT2D eigenvalue weighted by atomic mass is 16.6. The van der Waals surface area contributed by atoms with E-state index in [1.165, 1.54) is 17.7 Å². The highest BCUT2D eigenvalue weighted by Gasteiger charge is 2.17. The third-order valence-electron chi connectivity index (χ3n) is 3.83. The quantitative estimate of drug-likeness (QED) is 0.621. The van der Waals surface area contributed by atoms with Gasteiger partial charge in [-0.3, -0.25) is 10.1 Å². The molecule has 112 valence electrons. The summed E-state index contributed by atoms with van der Waals surface area (Å²) in [6, 6.07) is 13.0. The standard InChI is InChI=1S/C18H18N2O2/c1-12-8-13(2)18(14(3)9-12)16(11-19)10-15-4-6-17(7-5-15)20(21)22/h4-9,16H,10H2,1-3H3. The smallest absolute Gasteiger partial charge is 0.258 e. The lowest BCUT2D eigenvalue weighted by Crippen LogP contribution is -2.06. The molecule has 4 nitrogen and oxygen atoms in total. The van der Waals surface area contributed by atoms with Gasteiger partial charge in [-0.25, -0.2) is 0 Å². The second-order valence-corrected chi connectivity index (χ2v) is 5.62. The number of nitro benzene ring substituents is 1. The van der Waals surface area contributed by atoms with Gasteiger partial charge in [-0.05, 0) is 49.4 Å². The molecule has 0 bridgehead atoms. The third kappa shape index (κ3) is 3.32. The maximum atomic E-state index is 10.7. The van der Waals surface area contributed by atoms with E-state index in [-0.39, 0.29) is 11.6 Å². The first-order chi connectivity index (χ1) is 10.4. The lowest BCUT2D eigenvalue weighted by atomic mass is 9.86. The lowest BCUT2D eigenvalue weighted by Gasteiger charge is -2.16. The van der Waals surface area contributed by atoms with E-state index in [0.29, 0.717) is 6.42 Å². The Kier molecular flexibility index (Phi) is 4.57. The van der Waals surface area contributed by atoms with Crippen molar-refractivity contribution in [2.24, 2.45) is 0 Å². The van der Waals surface area contributed by atoms with Crippen LogP contribution in [0.5, 0.6) is 0 Å². The largest absolute Gasteiger partial charge is 0.269 e. The molecule has 22 heavy (non-hydrogen) atoms. The Hall–Kier alpha value is -2.67. The first-order valence-electron chi connectivity index (χ1n) is 7.13. The summed E-state index contributed by atoms with van der Waals surface area (Å²) in [5, 5.41) is 20.2. The number of nitro groups is 1. The van der Waals surface area contributed by atoms with Gasteiger partial charge in [0.05, 0.1) is 16.9 Å². The average Bonchev–Trinajstić information content (AvgIpc) is 2.45.